The topological polar surface area (TPSA) is 44.8 Å². The average Bonchev–Trinajstić information content (AvgIpc) is 2.88. The third kappa shape index (κ3) is 4.29. The zero-order chi connectivity index (χ0) is 19.2. The molecule has 0 N–H and O–H groups in total. The summed E-state index contributed by atoms with van der Waals surface area (Å²) < 4.78 is 17.5. The molecule has 2 atom stereocenters. The van der Waals surface area contributed by atoms with Crippen molar-refractivity contribution >= 4 is 12.0 Å². The smallest absolute Gasteiger partial charge is 0.330 e. The second-order valence-electron chi connectivity index (χ2n) is 6.51. The summed E-state index contributed by atoms with van der Waals surface area (Å²) in [6, 6.07) is 16.2. The summed E-state index contributed by atoms with van der Waals surface area (Å²) >= 11 is 0. The largest absolute Gasteiger partial charge is 0.466 e. The lowest BCUT2D eigenvalue weighted by atomic mass is 9.96. The molecule has 27 heavy (non-hydrogen) atoms. The predicted molar refractivity (Wildman–Crippen MR) is 105 cm³/mol. The molecule has 0 aliphatic carbocycles. The molecule has 4 nitrogen and oxygen atoms in total. The van der Waals surface area contributed by atoms with E-state index in [1.807, 2.05) is 36.4 Å². The van der Waals surface area contributed by atoms with E-state index in [9.17, 15) is 4.79 Å². The summed E-state index contributed by atoms with van der Waals surface area (Å²) in [4.78, 5) is 11.5. The van der Waals surface area contributed by atoms with Crippen LogP contribution in [0.15, 0.2) is 54.6 Å². The van der Waals surface area contributed by atoms with Crippen LogP contribution in [-0.2, 0) is 19.0 Å². The molecule has 1 aliphatic rings. The first kappa shape index (κ1) is 19.3. The van der Waals surface area contributed by atoms with Crippen LogP contribution in [0, 0.1) is 0 Å². The summed E-state index contributed by atoms with van der Waals surface area (Å²) in [5.41, 5.74) is 4.17. The van der Waals surface area contributed by atoms with Crippen molar-refractivity contribution < 1.29 is 19.0 Å². The number of carbonyl (C=O) groups is 1. The van der Waals surface area contributed by atoms with Gasteiger partial charge >= 0.3 is 5.97 Å². The quantitative estimate of drug-likeness (QED) is 0.516. The van der Waals surface area contributed by atoms with Crippen LogP contribution >= 0.6 is 0 Å². The SMILES string of the molecule is CC[C@@H]1OC(c2ccccc2/C=C/C(=O)OC)O[C@@H](CC)c2ccccc21. The maximum absolute atomic E-state index is 11.5. The van der Waals surface area contributed by atoms with Crippen LogP contribution in [0.5, 0.6) is 0 Å². The molecule has 1 heterocycles. The van der Waals surface area contributed by atoms with E-state index in [4.69, 9.17) is 14.2 Å². The van der Waals surface area contributed by atoms with Gasteiger partial charge in [-0.25, -0.2) is 4.79 Å². The Kier molecular flexibility index (Phi) is 6.43. The lowest BCUT2D eigenvalue weighted by molar-refractivity contribution is -0.195. The van der Waals surface area contributed by atoms with Crippen molar-refractivity contribution in [3.8, 4) is 0 Å². The van der Waals surface area contributed by atoms with Crippen molar-refractivity contribution in [3.05, 3.63) is 76.9 Å². The highest BCUT2D eigenvalue weighted by Crippen LogP contribution is 2.42. The van der Waals surface area contributed by atoms with E-state index in [0.717, 1.165) is 24.0 Å². The molecule has 0 amide bonds. The van der Waals surface area contributed by atoms with Gasteiger partial charge in [0.15, 0.2) is 6.29 Å². The fourth-order valence-corrected chi connectivity index (χ4v) is 3.46. The monoisotopic (exact) mass is 366 g/mol. The van der Waals surface area contributed by atoms with Gasteiger partial charge in [0.1, 0.15) is 0 Å². The highest BCUT2D eigenvalue weighted by Gasteiger charge is 2.31. The van der Waals surface area contributed by atoms with E-state index in [1.165, 1.54) is 24.3 Å². The highest BCUT2D eigenvalue weighted by atomic mass is 16.7. The second kappa shape index (κ2) is 8.98. The number of benzene rings is 2. The third-order valence-corrected chi connectivity index (χ3v) is 4.86. The summed E-state index contributed by atoms with van der Waals surface area (Å²) in [5, 5.41) is 0. The predicted octanol–water partition coefficient (Wildman–Crippen LogP) is 5.52. The Bertz CT molecular complexity index is 779. The molecule has 1 aliphatic heterocycles. The lowest BCUT2D eigenvalue weighted by Gasteiger charge is -2.24. The minimum absolute atomic E-state index is 0.0413. The standard InChI is InChI=1S/C23H26O4/c1-4-20-18-12-8-9-13-19(18)21(5-2)27-23(26-20)17-11-7-6-10-16(17)14-15-22(24)25-3/h6-15,20-21,23H,4-5H2,1-3H3/b15-14+/t20-,21-/m0/s1. The van der Waals surface area contributed by atoms with Crippen molar-refractivity contribution in [2.24, 2.45) is 0 Å². The number of ether oxygens (including phenoxy) is 3. The number of hydrogen-bond donors (Lipinski definition) is 0. The number of carbonyl (C=O) groups excluding carboxylic acids is 1. The molecule has 4 heteroatoms. The van der Waals surface area contributed by atoms with E-state index < -0.39 is 12.3 Å². The lowest BCUT2D eigenvalue weighted by Crippen LogP contribution is -2.12. The van der Waals surface area contributed by atoms with Crippen LogP contribution < -0.4 is 0 Å². The summed E-state index contributed by atoms with van der Waals surface area (Å²) in [5.74, 6) is -0.391. The summed E-state index contributed by atoms with van der Waals surface area (Å²) in [7, 11) is 1.37. The van der Waals surface area contributed by atoms with Crippen molar-refractivity contribution in [1.82, 2.24) is 0 Å². The van der Waals surface area contributed by atoms with E-state index >= 15 is 0 Å². The van der Waals surface area contributed by atoms with Crippen LogP contribution in [-0.4, -0.2) is 13.1 Å². The van der Waals surface area contributed by atoms with Gasteiger partial charge in [-0.3, -0.25) is 0 Å². The van der Waals surface area contributed by atoms with Gasteiger partial charge in [-0.2, -0.15) is 0 Å². The van der Waals surface area contributed by atoms with E-state index in [2.05, 4.69) is 26.0 Å². The van der Waals surface area contributed by atoms with Crippen LogP contribution in [0.2, 0.25) is 0 Å². The van der Waals surface area contributed by atoms with E-state index in [-0.39, 0.29) is 12.2 Å². The first-order chi connectivity index (χ1) is 13.2. The van der Waals surface area contributed by atoms with Gasteiger partial charge in [-0.05, 0) is 35.6 Å². The fraction of sp³-hybridized carbons (Fsp3) is 0.348. The van der Waals surface area contributed by atoms with Gasteiger partial charge in [0.25, 0.3) is 0 Å². The number of rotatable bonds is 5. The molecule has 0 spiro atoms. The number of fused-ring (bicyclic) bond motifs is 1. The van der Waals surface area contributed by atoms with Crippen LogP contribution in [0.4, 0.5) is 0 Å². The average molecular weight is 366 g/mol. The van der Waals surface area contributed by atoms with Gasteiger partial charge in [0.2, 0.25) is 0 Å². The molecule has 0 bridgehead atoms. The molecule has 3 rings (SSSR count). The first-order valence-corrected chi connectivity index (χ1v) is 9.42. The molecule has 2 aromatic rings. The molecular formula is C23H26O4. The Labute approximate surface area is 160 Å². The maximum atomic E-state index is 11.5. The Morgan fingerprint density at radius 3 is 1.96 bits per heavy atom. The Hall–Kier alpha value is -2.43. The molecule has 2 aromatic carbocycles. The van der Waals surface area contributed by atoms with E-state index in [0.29, 0.717) is 0 Å². The zero-order valence-electron chi connectivity index (χ0n) is 16.1. The second-order valence-corrected chi connectivity index (χ2v) is 6.51. The molecule has 0 aromatic heterocycles. The summed E-state index contributed by atoms with van der Waals surface area (Å²) in [6.07, 6.45) is 4.28. The minimum atomic E-state index is -0.509. The Morgan fingerprint density at radius 1 is 0.926 bits per heavy atom. The fourth-order valence-electron chi connectivity index (χ4n) is 3.46. The molecule has 142 valence electrons. The number of methoxy groups -OCH3 is 1. The van der Waals surface area contributed by atoms with Crippen molar-refractivity contribution in [3.63, 3.8) is 0 Å². The zero-order valence-corrected chi connectivity index (χ0v) is 16.1. The highest BCUT2D eigenvalue weighted by molar-refractivity contribution is 5.87. The van der Waals surface area contributed by atoms with Gasteiger partial charge < -0.3 is 14.2 Å². The molecule has 0 saturated heterocycles. The maximum Gasteiger partial charge on any atom is 0.330 e. The molecule has 0 saturated carbocycles. The van der Waals surface area contributed by atoms with Gasteiger partial charge in [0.05, 0.1) is 19.3 Å². The normalized spacial score (nSPS) is 20.3. The minimum Gasteiger partial charge on any atom is -0.466 e. The van der Waals surface area contributed by atoms with Gasteiger partial charge in [-0.1, -0.05) is 62.4 Å². The molecule has 0 unspecified atom stereocenters. The Morgan fingerprint density at radius 2 is 1.44 bits per heavy atom. The molecule has 0 fully saturated rings. The van der Waals surface area contributed by atoms with Gasteiger partial charge in [0, 0.05) is 11.6 Å². The number of hydrogen-bond acceptors (Lipinski definition) is 4. The van der Waals surface area contributed by atoms with Crippen molar-refractivity contribution in [1.29, 1.82) is 0 Å². The first-order valence-electron chi connectivity index (χ1n) is 9.42. The van der Waals surface area contributed by atoms with Crippen LogP contribution in [0.1, 0.15) is 67.4 Å². The van der Waals surface area contributed by atoms with Crippen LogP contribution in [0.25, 0.3) is 6.08 Å². The summed E-state index contributed by atoms with van der Waals surface area (Å²) in [6.45, 7) is 4.24. The third-order valence-electron chi connectivity index (χ3n) is 4.86. The van der Waals surface area contributed by atoms with E-state index in [1.54, 1.807) is 6.08 Å². The Balaban J connectivity index is 1.99. The number of esters is 1. The molecular weight excluding hydrogens is 340 g/mol. The molecule has 0 radical (unpaired) electrons. The van der Waals surface area contributed by atoms with Gasteiger partial charge in [-0.15, -0.1) is 0 Å². The van der Waals surface area contributed by atoms with Crippen molar-refractivity contribution in [2.75, 3.05) is 7.11 Å². The van der Waals surface area contributed by atoms with Crippen molar-refractivity contribution in [2.45, 2.75) is 45.2 Å². The van der Waals surface area contributed by atoms with Crippen LogP contribution in [0.3, 0.4) is 0 Å².